The van der Waals surface area contributed by atoms with Crippen LogP contribution >= 0.6 is 22.7 Å². The van der Waals surface area contributed by atoms with Gasteiger partial charge in [-0.25, -0.2) is 9.97 Å². The van der Waals surface area contributed by atoms with Gasteiger partial charge in [-0.1, -0.05) is 11.3 Å². The molecule has 4 nitrogen and oxygen atoms in total. The van der Waals surface area contributed by atoms with Gasteiger partial charge in [0.2, 0.25) is 0 Å². The average Bonchev–Trinajstić information content (AvgIpc) is 2.72. The topological polar surface area (TPSA) is 55.0 Å². The molecule has 0 aliphatic carbocycles. The maximum atomic E-state index is 5.68. The van der Waals surface area contributed by atoms with Crippen LogP contribution in [-0.4, -0.2) is 29.0 Å². The molecule has 0 saturated heterocycles. The first kappa shape index (κ1) is 11.5. The molecule has 6 heteroatoms. The number of thiazole rings is 2. The molecular formula is C10H14N4S2. The summed E-state index contributed by atoms with van der Waals surface area (Å²) >= 11 is 3.17. The zero-order chi connectivity index (χ0) is 11.7. The van der Waals surface area contributed by atoms with Gasteiger partial charge in [0.1, 0.15) is 5.01 Å². The maximum Gasteiger partial charge on any atom is 0.180 e. The number of rotatable bonds is 3. The molecule has 0 unspecified atom stereocenters. The first-order valence-corrected chi connectivity index (χ1v) is 6.58. The summed E-state index contributed by atoms with van der Waals surface area (Å²) in [5, 5.41) is 3.79. The monoisotopic (exact) mass is 254 g/mol. The fourth-order valence-corrected chi connectivity index (χ4v) is 3.18. The molecule has 86 valence electrons. The highest BCUT2D eigenvalue weighted by Crippen LogP contribution is 2.31. The second-order valence-corrected chi connectivity index (χ2v) is 5.80. The van der Waals surface area contributed by atoms with Gasteiger partial charge < -0.3 is 10.6 Å². The highest BCUT2D eigenvalue weighted by Gasteiger charge is 2.11. The smallest absolute Gasteiger partial charge is 0.180 e. The van der Waals surface area contributed by atoms with Gasteiger partial charge in [-0.3, -0.25) is 0 Å². The largest absolute Gasteiger partial charge is 0.375 e. The van der Waals surface area contributed by atoms with Gasteiger partial charge in [-0.2, -0.15) is 0 Å². The van der Waals surface area contributed by atoms with Gasteiger partial charge in [-0.15, -0.1) is 11.3 Å². The minimum Gasteiger partial charge on any atom is -0.375 e. The Morgan fingerprint density at radius 2 is 2.12 bits per heavy atom. The lowest BCUT2D eigenvalue weighted by Crippen LogP contribution is -2.10. The minimum atomic E-state index is 0.606. The average molecular weight is 254 g/mol. The lowest BCUT2D eigenvalue weighted by Gasteiger charge is -2.04. The first-order chi connectivity index (χ1) is 7.56. The fourth-order valence-electron chi connectivity index (χ4n) is 1.41. The van der Waals surface area contributed by atoms with Gasteiger partial charge in [0.05, 0.1) is 16.3 Å². The van der Waals surface area contributed by atoms with Crippen LogP contribution in [0.25, 0.3) is 10.6 Å². The van der Waals surface area contributed by atoms with E-state index in [0.717, 1.165) is 27.8 Å². The Balaban J connectivity index is 2.28. The molecule has 0 aliphatic rings. The van der Waals surface area contributed by atoms with Crippen molar-refractivity contribution in [3.05, 3.63) is 16.1 Å². The Hall–Kier alpha value is -0.980. The Kier molecular flexibility index (Phi) is 3.22. The summed E-state index contributed by atoms with van der Waals surface area (Å²) < 4.78 is 0. The molecule has 2 aromatic rings. The lowest BCUT2D eigenvalue weighted by atomic mass is 10.3. The Labute approximate surface area is 103 Å². The third-order valence-electron chi connectivity index (χ3n) is 2.05. The summed E-state index contributed by atoms with van der Waals surface area (Å²) in [6.07, 6.45) is 0. The van der Waals surface area contributed by atoms with E-state index in [2.05, 4.69) is 20.2 Å². The summed E-state index contributed by atoms with van der Waals surface area (Å²) in [5.41, 5.74) is 7.64. The third kappa shape index (κ3) is 2.40. The molecule has 0 aromatic carbocycles. The molecule has 0 saturated carbocycles. The van der Waals surface area contributed by atoms with Crippen molar-refractivity contribution in [3.63, 3.8) is 0 Å². The van der Waals surface area contributed by atoms with E-state index in [4.69, 9.17) is 5.73 Å². The summed E-state index contributed by atoms with van der Waals surface area (Å²) in [6, 6.07) is 0. The van der Waals surface area contributed by atoms with Gasteiger partial charge >= 0.3 is 0 Å². The van der Waals surface area contributed by atoms with Gasteiger partial charge in [0, 0.05) is 11.9 Å². The molecular weight excluding hydrogens is 240 g/mol. The Morgan fingerprint density at radius 3 is 2.69 bits per heavy atom. The molecule has 2 aromatic heterocycles. The van der Waals surface area contributed by atoms with Crippen molar-refractivity contribution >= 4 is 27.8 Å². The first-order valence-electron chi connectivity index (χ1n) is 4.88. The number of nitrogen functional groups attached to an aromatic ring is 1. The highest BCUT2D eigenvalue weighted by atomic mass is 32.1. The molecule has 0 aliphatic heterocycles. The van der Waals surface area contributed by atoms with Gasteiger partial charge in [-0.05, 0) is 21.0 Å². The van der Waals surface area contributed by atoms with Crippen LogP contribution in [0.15, 0.2) is 5.38 Å². The predicted molar refractivity (Wildman–Crippen MR) is 69.8 cm³/mol. The highest BCUT2D eigenvalue weighted by molar-refractivity contribution is 7.19. The molecule has 0 atom stereocenters. The Bertz CT molecular complexity index is 487. The van der Waals surface area contributed by atoms with E-state index >= 15 is 0 Å². The van der Waals surface area contributed by atoms with Gasteiger partial charge in [0.15, 0.2) is 5.13 Å². The van der Waals surface area contributed by atoms with Crippen molar-refractivity contribution in [3.8, 4) is 10.6 Å². The van der Waals surface area contributed by atoms with Crippen LogP contribution in [0.1, 0.15) is 10.7 Å². The Morgan fingerprint density at radius 1 is 1.38 bits per heavy atom. The fraction of sp³-hybridized carbons (Fsp3) is 0.400. The SMILES string of the molecule is Cc1nc(N)sc1-c1csc(CN(C)C)n1. The third-order valence-corrected chi connectivity index (χ3v) is 3.89. The maximum absolute atomic E-state index is 5.68. The number of nitrogens with zero attached hydrogens (tertiary/aromatic N) is 3. The second-order valence-electron chi connectivity index (χ2n) is 3.83. The van der Waals surface area contributed by atoms with E-state index < -0.39 is 0 Å². The van der Waals surface area contributed by atoms with Crippen molar-refractivity contribution in [1.29, 1.82) is 0 Å². The summed E-state index contributed by atoms with van der Waals surface area (Å²) in [5.74, 6) is 0. The van der Waals surface area contributed by atoms with E-state index in [9.17, 15) is 0 Å². The van der Waals surface area contributed by atoms with Crippen LogP contribution in [0.2, 0.25) is 0 Å². The van der Waals surface area contributed by atoms with Crippen LogP contribution < -0.4 is 5.73 Å². The normalized spacial score (nSPS) is 11.2. The number of hydrogen-bond donors (Lipinski definition) is 1. The summed E-state index contributed by atoms with van der Waals surface area (Å²) in [4.78, 5) is 12.0. The van der Waals surface area contributed by atoms with Crippen LogP contribution in [0.3, 0.4) is 0 Å². The number of aryl methyl sites for hydroxylation is 1. The molecule has 2 rings (SSSR count). The number of aromatic nitrogens is 2. The van der Waals surface area contributed by atoms with Crippen LogP contribution in [0.5, 0.6) is 0 Å². The molecule has 0 radical (unpaired) electrons. The van der Waals surface area contributed by atoms with Crippen molar-refractivity contribution in [1.82, 2.24) is 14.9 Å². The molecule has 2 heterocycles. The van der Waals surface area contributed by atoms with Crippen molar-refractivity contribution in [2.75, 3.05) is 19.8 Å². The minimum absolute atomic E-state index is 0.606. The number of nitrogens with two attached hydrogens (primary N) is 1. The molecule has 2 N–H and O–H groups in total. The molecule has 0 bridgehead atoms. The van der Waals surface area contributed by atoms with E-state index in [0.29, 0.717) is 5.13 Å². The van der Waals surface area contributed by atoms with Crippen LogP contribution in [0.4, 0.5) is 5.13 Å². The number of anilines is 1. The standard InChI is InChI=1S/C10H14N4S2/c1-6-9(16-10(11)12-6)7-5-15-8(13-7)4-14(2)3/h5H,4H2,1-3H3,(H2,11,12). The second kappa shape index (κ2) is 4.48. The van der Waals surface area contributed by atoms with Crippen molar-refractivity contribution in [2.24, 2.45) is 0 Å². The number of hydrogen-bond acceptors (Lipinski definition) is 6. The molecule has 0 spiro atoms. The molecule has 0 fully saturated rings. The predicted octanol–water partition coefficient (Wildman–Crippen LogP) is 2.22. The quantitative estimate of drug-likeness (QED) is 0.912. The lowest BCUT2D eigenvalue weighted by molar-refractivity contribution is 0.402. The van der Waals surface area contributed by atoms with E-state index in [1.54, 1.807) is 11.3 Å². The van der Waals surface area contributed by atoms with Crippen LogP contribution in [0, 0.1) is 6.92 Å². The van der Waals surface area contributed by atoms with Crippen LogP contribution in [-0.2, 0) is 6.54 Å². The van der Waals surface area contributed by atoms with Gasteiger partial charge in [0.25, 0.3) is 0 Å². The van der Waals surface area contributed by atoms with Crippen molar-refractivity contribution in [2.45, 2.75) is 13.5 Å². The molecule has 0 amide bonds. The van der Waals surface area contributed by atoms with E-state index in [-0.39, 0.29) is 0 Å². The van der Waals surface area contributed by atoms with E-state index in [1.807, 2.05) is 21.0 Å². The summed E-state index contributed by atoms with van der Waals surface area (Å²) in [7, 11) is 4.08. The summed E-state index contributed by atoms with van der Waals surface area (Å²) in [6.45, 7) is 2.84. The molecule has 16 heavy (non-hydrogen) atoms. The van der Waals surface area contributed by atoms with Crippen molar-refractivity contribution < 1.29 is 0 Å². The zero-order valence-corrected chi connectivity index (χ0v) is 11.2. The van der Waals surface area contributed by atoms with E-state index in [1.165, 1.54) is 11.3 Å². The zero-order valence-electron chi connectivity index (χ0n) is 9.52.